The molecule has 0 amide bonds. The second kappa shape index (κ2) is 17.8. The molecule has 178 valence electrons. The van der Waals surface area contributed by atoms with Crippen LogP contribution in [0.1, 0.15) is 93.3 Å². The number of nitrogens with one attached hydrogen (secondary N) is 2. The Bertz CT molecular complexity index is 472. The van der Waals surface area contributed by atoms with Gasteiger partial charge < -0.3 is 20.1 Å². The van der Waals surface area contributed by atoms with E-state index in [9.17, 15) is 0 Å². The summed E-state index contributed by atoms with van der Waals surface area (Å²) < 4.78 is 11.3. The number of hydrogen-bond acceptors (Lipinski definition) is 4. The van der Waals surface area contributed by atoms with Gasteiger partial charge in [0.1, 0.15) is 6.61 Å². The van der Waals surface area contributed by atoms with Gasteiger partial charge in [-0.1, -0.05) is 65.5 Å². The first-order chi connectivity index (χ1) is 14.5. The van der Waals surface area contributed by atoms with Gasteiger partial charge in [-0.2, -0.15) is 0 Å². The Kier molecular flexibility index (Phi) is 16.1. The summed E-state index contributed by atoms with van der Waals surface area (Å²) in [6, 6.07) is 1.25. The van der Waals surface area contributed by atoms with Crippen molar-refractivity contribution in [2.45, 2.75) is 104 Å². The number of rotatable bonds is 9. The molecule has 2 N–H and O–H groups in total. The largest absolute Gasteiger partial charge is 0.496 e. The molecule has 0 radical (unpaired) electrons. The summed E-state index contributed by atoms with van der Waals surface area (Å²) in [7, 11) is 1.79. The Labute approximate surface area is 188 Å². The summed E-state index contributed by atoms with van der Waals surface area (Å²) in [6.45, 7) is 12.4. The van der Waals surface area contributed by atoms with Crippen LogP contribution in [0.3, 0.4) is 0 Å². The summed E-state index contributed by atoms with van der Waals surface area (Å²) in [5, 5.41) is 6.79. The highest BCUT2D eigenvalue weighted by Crippen LogP contribution is 2.32. The van der Waals surface area contributed by atoms with Gasteiger partial charge in [0, 0.05) is 40.2 Å². The lowest BCUT2D eigenvalue weighted by Gasteiger charge is -2.24. The molecule has 0 fully saturated rings. The fourth-order valence-electron chi connectivity index (χ4n) is 4.31. The minimum Gasteiger partial charge on any atom is -0.496 e. The Hall–Kier alpha value is -0.840. The summed E-state index contributed by atoms with van der Waals surface area (Å²) in [5.74, 6) is 1.97. The molecule has 0 aromatic carbocycles. The maximum absolute atomic E-state index is 6.12. The molecular formula is C26H52N2O2. The van der Waals surface area contributed by atoms with Gasteiger partial charge in [-0.3, -0.25) is 0 Å². The fraction of sp³-hybridized carbons (Fsp3) is 0.846. The van der Waals surface area contributed by atoms with Gasteiger partial charge >= 0.3 is 0 Å². The third-order valence-electron chi connectivity index (χ3n) is 5.63. The van der Waals surface area contributed by atoms with E-state index in [1.54, 1.807) is 7.11 Å². The van der Waals surface area contributed by atoms with E-state index in [2.05, 4.69) is 50.5 Å². The third kappa shape index (κ3) is 13.5. The molecule has 30 heavy (non-hydrogen) atoms. The van der Waals surface area contributed by atoms with Gasteiger partial charge in [-0.25, -0.2) is 0 Å². The number of ether oxygens (including phenoxy) is 2. The Balaban J connectivity index is 0.000000975. The number of unbranched alkanes of at least 4 members (excludes halogenated alkanes) is 3. The summed E-state index contributed by atoms with van der Waals surface area (Å²) in [5.41, 5.74) is 1.51. The van der Waals surface area contributed by atoms with Crippen LogP contribution in [0.5, 0.6) is 0 Å². The van der Waals surface area contributed by atoms with Crippen molar-refractivity contribution in [1.29, 1.82) is 0 Å². The van der Waals surface area contributed by atoms with Crippen LogP contribution in [0, 0.1) is 5.92 Å². The average molecular weight is 425 g/mol. The van der Waals surface area contributed by atoms with Crippen LogP contribution in [0.4, 0.5) is 0 Å². The van der Waals surface area contributed by atoms with Crippen LogP contribution < -0.4 is 10.6 Å². The number of methoxy groups -OCH3 is 1. The minimum atomic E-state index is 0. The van der Waals surface area contributed by atoms with E-state index in [0.717, 1.165) is 39.1 Å². The van der Waals surface area contributed by atoms with Crippen LogP contribution in [0.15, 0.2) is 23.5 Å². The normalized spacial score (nSPS) is 20.3. The molecule has 1 aliphatic heterocycles. The quantitative estimate of drug-likeness (QED) is 0.430. The lowest BCUT2D eigenvalue weighted by Crippen LogP contribution is -2.29. The van der Waals surface area contributed by atoms with E-state index in [-0.39, 0.29) is 1.43 Å². The number of hydrogen-bond donors (Lipinski definition) is 2. The van der Waals surface area contributed by atoms with Gasteiger partial charge in [0.2, 0.25) is 0 Å². The van der Waals surface area contributed by atoms with E-state index in [0.29, 0.717) is 18.0 Å². The van der Waals surface area contributed by atoms with Crippen molar-refractivity contribution in [3.63, 3.8) is 0 Å². The summed E-state index contributed by atoms with van der Waals surface area (Å²) >= 11 is 0. The first-order valence-electron chi connectivity index (χ1n) is 12.5. The molecule has 1 aliphatic carbocycles. The van der Waals surface area contributed by atoms with Gasteiger partial charge in [0.05, 0.1) is 5.76 Å². The van der Waals surface area contributed by atoms with E-state index in [1.807, 2.05) is 0 Å². The lowest BCUT2D eigenvalue weighted by atomic mass is 9.85. The molecule has 0 bridgehead atoms. The van der Waals surface area contributed by atoms with Gasteiger partial charge in [0.25, 0.3) is 0 Å². The predicted octanol–water partition coefficient (Wildman–Crippen LogP) is 6.23. The maximum atomic E-state index is 6.12. The highest BCUT2D eigenvalue weighted by molar-refractivity contribution is 5.29. The molecule has 0 saturated carbocycles. The predicted molar refractivity (Wildman–Crippen MR) is 132 cm³/mol. The zero-order chi connectivity index (χ0) is 22.0. The molecule has 0 aromatic heterocycles. The van der Waals surface area contributed by atoms with Gasteiger partial charge in [-0.05, 0) is 50.1 Å². The number of allylic oxidation sites excluding steroid dienone is 4. The maximum Gasteiger partial charge on any atom is 0.100 e. The second-order valence-corrected chi connectivity index (χ2v) is 9.28. The van der Waals surface area contributed by atoms with Crippen molar-refractivity contribution >= 4 is 0 Å². The smallest absolute Gasteiger partial charge is 0.100 e. The minimum absolute atomic E-state index is 0. The third-order valence-corrected chi connectivity index (χ3v) is 5.63. The molecule has 0 spiro atoms. The Morgan fingerprint density at radius 2 is 1.87 bits per heavy atom. The van der Waals surface area contributed by atoms with Crippen LogP contribution in [-0.2, 0) is 9.47 Å². The molecular weight excluding hydrogens is 372 g/mol. The molecule has 0 aromatic rings. The molecule has 0 saturated heterocycles. The molecule has 4 heteroatoms. The van der Waals surface area contributed by atoms with E-state index in [1.165, 1.54) is 62.7 Å². The monoisotopic (exact) mass is 424 g/mol. The van der Waals surface area contributed by atoms with Crippen molar-refractivity contribution < 1.29 is 10.9 Å². The summed E-state index contributed by atoms with van der Waals surface area (Å²) in [4.78, 5) is 0. The SMILES string of the molecule is CC(C)NC(C)C.COCCCCCCC1CCCCNCCOC2=C1C=CCC2.[HH]. The molecule has 2 rings (SSSR count). The van der Waals surface area contributed by atoms with Crippen LogP contribution in [-0.4, -0.2) is 45.5 Å². The first kappa shape index (κ1) is 27.2. The van der Waals surface area contributed by atoms with Gasteiger partial charge in [0.15, 0.2) is 0 Å². The van der Waals surface area contributed by atoms with Crippen LogP contribution >= 0.6 is 0 Å². The Morgan fingerprint density at radius 3 is 2.57 bits per heavy atom. The Morgan fingerprint density at radius 1 is 1.10 bits per heavy atom. The second-order valence-electron chi connectivity index (χ2n) is 9.28. The van der Waals surface area contributed by atoms with Crippen LogP contribution in [0.25, 0.3) is 0 Å². The molecule has 4 nitrogen and oxygen atoms in total. The van der Waals surface area contributed by atoms with Crippen molar-refractivity contribution in [2.75, 3.05) is 33.4 Å². The highest BCUT2D eigenvalue weighted by Gasteiger charge is 2.20. The molecule has 1 unspecified atom stereocenters. The van der Waals surface area contributed by atoms with Crippen molar-refractivity contribution in [1.82, 2.24) is 10.6 Å². The molecule has 1 heterocycles. The fourth-order valence-corrected chi connectivity index (χ4v) is 4.31. The average Bonchev–Trinajstić information content (AvgIpc) is 2.74. The highest BCUT2D eigenvalue weighted by atomic mass is 16.5. The van der Waals surface area contributed by atoms with Gasteiger partial charge in [-0.15, -0.1) is 0 Å². The van der Waals surface area contributed by atoms with E-state index >= 15 is 0 Å². The van der Waals surface area contributed by atoms with Crippen molar-refractivity contribution in [2.24, 2.45) is 5.92 Å². The van der Waals surface area contributed by atoms with Crippen molar-refractivity contribution in [3.8, 4) is 0 Å². The van der Waals surface area contributed by atoms with E-state index < -0.39 is 0 Å². The lowest BCUT2D eigenvalue weighted by molar-refractivity contribution is 0.191. The molecule has 1 atom stereocenters. The summed E-state index contributed by atoms with van der Waals surface area (Å²) in [6.07, 6.45) is 17.3. The zero-order valence-electron chi connectivity index (χ0n) is 20.6. The van der Waals surface area contributed by atoms with E-state index in [4.69, 9.17) is 9.47 Å². The standard InChI is InChI=1S/C20H35NO2.C6H15N.H2/c1-22-16-9-3-2-4-10-18-11-7-8-14-21-15-17-23-20-13-6-5-12-19(18)20;1-5(2)7-6(3)4;/h5,12,18,21H,2-4,6-11,13-17H2,1H3;5-7H,1-4H3;1H. The van der Waals surface area contributed by atoms with Crippen molar-refractivity contribution in [3.05, 3.63) is 23.5 Å². The topological polar surface area (TPSA) is 42.5 Å². The first-order valence-corrected chi connectivity index (χ1v) is 12.5. The zero-order valence-corrected chi connectivity index (χ0v) is 20.6. The molecule has 2 aliphatic rings. The van der Waals surface area contributed by atoms with Crippen LogP contribution in [0.2, 0.25) is 0 Å².